The highest BCUT2D eigenvalue weighted by molar-refractivity contribution is 7.99. The molecule has 0 heterocycles. The molecule has 0 aliphatic carbocycles. The van der Waals surface area contributed by atoms with E-state index in [4.69, 9.17) is 4.74 Å². The van der Waals surface area contributed by atoms with Gasteiger partial charge in [0.1, 0.15) is 5.44 Å². The van der Waals surface area contributed by atoms with Crippen molar-refractivity contribution in [3.8, 4) is 0 Å². The van der Waals surface area contributed by atoms with Crippen LogP contribution in [0.2, 0.25) is 0 Å². The predicted molar refractivity (Wildman–Crippen MR) is 91.8 cm³/mol. The van der Waals surface area contributed by atoms with Gasteiger partial charge in [-0.25, -0.2) is 4.79 Å². The molecule has 21 heavy (non-hydrogen) atoms. The van der Waals surface area contributed by atoms with Gasteiger partial charge in [0.2, 0.25) is 0 Å². The Morgan fingerprint density at radius 2 is 1.81 bits per heavy atom. The molecule has 0 aromatic heterocycles. The van der Waals surface area contributed by atoms with Crippen molar-refractivity contribution in [3.05, 3.63) is 35.4 Å². The van der Waals surface area contributed by atoms with E-state index >= 15 is 0 Å². The largest absolute Gasteiger partial charge is 0.447 e. The van der Waals surface area contributed by atoms with Gasteiger partial charge in [-0.1, -0.05) is 52.2 Å². The second-order valence-corrected chi connectivity index (χ2v) is 6.70. The Morgan fingerprint density at radius 1 is 1.14 bits per heavy atom. The molecule has 0 spiro atoms. The number of unbranched alkanes of at least 4 members (excludes halogenated alkanes) is 3. The molecular weight excluding hydrogens is 280 g/mol. The van der Waals surface area contributed by atoms with Crippen LogP contribution in [0.3, 0.4) is 0 Å². The van der Waals surface area contributed by atoms with Gasteiger partial charge in [0, 0.05) is 0 Å². The number of hydrogen-bond acceptors (Lipinski definition) is 3. The molecule has 1 aromatic carbocycles. The number of ether oxygens (including phenoxy) is 1. The fourth-order valence-corrected chi connectivity index (χ4v) is 2.92. The molecule has 2 nitrogen and oxygen atoms in total. The maximum atomic E-state index is 12.1. The minimum atomic E-state index is -0.222. The average molecular weight is 308 g/mol. The fourth-order valence-electron chi connectivity index (χ4n) is 2.19. The van der Waals surface area contributed by atoms with Crippen molar-refractivity contribution in [1.82, 2.24) is 0 Å². The van der Waals surface area contributed by atoms with E-state index in [9.17, 15) is 4.79 Å². The van der Waals surface area contributed by atoms with E-state index in [1.165, 1.54) is 31.2 Å². The molecule has 0 aliphatic rings. The molecule has 3 heteroatoms. The van der Waals surface area contributed by atoms with Crippen LogP contribution in [0.1, 0.15) is 62.4 Å². The minimum absolute atomic E-state index is 0.0776. The van der Waals surface area contributed by atoms with Crippen LogP contribution in [0.5, 0.6) is 0 Å². The van der Waals surface area contributed by atoms with Crippen molar-refractivity contribution < 1.29 is 9.53 Å². The molecular formula is C18H28O2S. The topological polar surface area (TPSA) is 26.3 Å². The Kier molecular flexibility index (Phi) is 8.51. The van der Waals surface area contributed by atoms with Crippen LogP contribution >= 0.6 is 11.8 Å². The summed E-state index contributed by atoms with van der Waals surface area (Å²) in [6.45, 7) is 6.35. The van der Waals surface area contributed by atoms with Gasteiger partial charge in [0.05, 0.1) is 5.56 Å². The number of esters is 1. The van der Waals surface area contributed by atoms with Crippen molar-refractivity contribution >= 4 is 17.7 Å². The predicted octanol–water partition coefficient (Wildman–Crippen LogP) is 5.31. The molecule has 1 unspecified atom stereocenters. The van der Waals surface area contributed by atoms with Crippen LogP contribution in [-0.4, -0.2) is 17.7 Å². The van der Waals surface area contributed by atoms with E-state index < -0.39 is 0 Å². The first-order valence-electron chi connectivity index (χ1n) is 7.91. The Balaban J connectivity index is 2.51. The van der Waals surface area contributed by atoms with Crippen LogP contribution in [0.15, 0.2) is 24.3 Å². The third-order valence-electron chi connectivity index (χ3n) is 3.51. The highest BCUT2D eigenvalue weighted by Gasteiger charge is 2.18. The number of rotatable bonds is 9. The molecule has 0 aliphatic heterocycles. The van der Waals surface area contributed by atoms with Gasteiger partial charge in [0.15, 0.2) is 0 Å². The minimum Gasteiger partial charge on any atom is -0.447 e. The van der Waals surface area contributed by atoms with Crippen LogP contribution in [0, 0.1) is 5.92 Å². The molecule has 0 bridgehead atoms. The van der Waals surface area contributed by atoms with Crippen LogP contribution in [0.4, 0.5) is 0 Å². The summed E-state index contributed by atoms with van der Waals surface area (Å²) in [5, 5.41) is 0. The van der Waals surface area contributed by atoms with Gasteiger partial charge in [-0.3, -0.25) is 0 Å². The highest BCUT2D eigenvalue weighted by atomic mass is 32.2. The van der Waals surface area contributed by atoms with E-state index in [-0.39, 0.29) is 11.4 Å². The summed E-state index contributed by atoms with van der Waals surface area (Å²) in [5.41, 5.74) is 1.87. The summed E-state index contributed by atoms with van der Waals surface area (Å²) in [6, 6.07) is 7.86. The third kappa shape index (κ3) is 6.56. The second kappa shape index (κ2) is 9.88. The van der Waals surface area contributed by atoms with E-state index in [0.717, 1.165) is 6.42 Å². The van der Waals surface area contributed by atoms with Gasteiger partial charge in [-0.15, -0.1) is 11.8 Å². The lowest BCUT2D eigenvalue weighted by Gasteiger charge is -2.19. The lowest BCUT2D eigenvalue weighted by Crippen LogP contribution is -2.20. The second-order valence-electron chi connectivity index (χ2n) is 5.76. The number of thioether (sulfide) groups is 1. The Labute approximate surface area is 133 Å². The summed E-state index contributed by atoms with van der Waals surface area (Å²) < 4.78 is 5.52. The highest BCUT2D eigenvalue weighted by Crippen LogP contribution is 2.20. The number of carbonyl (C=O) groups is 1. The summed E-state index contributed by atoms with van der Waals surface area (Å²) in [5.74, 6) is 0.0994. The Morgan fingerprint density at radius 3 is 2.33 bits per heavy atom. The SMILES string of the molecule is CCCCCCc1ccc(C(=O)OC(SC)C(C)C)cc1. The Bertz CT molecular complexity index is 412. The molecule has 0 fully saturated rings. The van der Waals surface area contributed by atoms with Crippen LogP contribution < -0.4 is 0 Å². The number of aryl methyl sites for hydroxylation is 1. The van der Waals surface area contributed by atoms with Crippen LogP contribution in [-0.2, 0) is 11.2 Å². The molecule has 0 saturated heterocycles. The first-order chi connectivity index (χ1) is 10.1. The zero-order valence-corrected chi connectivity index (χ0v) is 14.5. The summed E-state index contributed by atoms with van der Waals surface area (Å²) >= 11 is 1.58. The molecule has 0 radical (unpaired) electrons. The van der Waals surface area contributed by atoms with Crippen molar-refractivity contribution in [1.29, 1.82) is 0 Å². The maximum absolute atomic E-state index is 12.1. The zero-order valence-electron chi connectivity index (χ0n) is 13.7. The monoisotopic (exact) mass is 308 g/mol. The maximum Gasteiger partial charge on any atom is 0.339 e. The van der Waals surface area contributed by atoms with Crippen LogP contribution in [0.25, 0.3) is 0 Å². The molecule has 1 rings (SSSR count). The lowest BCUT2D eigenvalue weighted by molar-refractivity contribution is 0.0395. The molecule has 1 atom stereocenters. The van der Waals surface area contributed by atoms with Gasteiger partial charge in [0.25, 0.3) is 0 Å². The molecule has 0 saturated carbocycles. The Hall–Kier alpha value is -0.960. The van der Waals surface area contributed by atoms with Gasteiger partial charge in [-0.05, 0) is 42.7 Å². The third-order valence-corrected chi connectivity index (χ3v) is 4.61. The average Bonchev–Trinajstić information content (AvgIpc) is 2.49. The molecule has 1 aromatic rings. The van der Waals surface area contributed by atoms with Crippen molar-refractivity contribution in [2.75, 3.05) is 6.26 Å². The molecule has 0 N–H and O–H groups in total. The summed E-state index contributed by atoms with van der Waals surface area (Å²) in [4.78, 5) is 12.1. The smallest absolute Gasteiger partial charge is 0.339 e. The van der Waals surface area contributed by atoms with Crippen molar-refractivity contribution in [3.63, 3.8) is 0 Å². The fraction of sp³-hybridized carbons (Fsp3) is 0.611. The number of benzene rings is 1. The van der Waals surface area contributed by atoms with Crippen molar-refractivity contribution in [2.24, 2.45) is 5.92 Å². The van der Waals surface area contributed by atoms with Gasteiger partial charge < -0.3 is 4.74 Å². The lowest BCUT2D eigenvalue weighted by atomic mass is 10.0. The van der Waals surface area contributed by atoms with E-state index in [1.807, 2.05) is 30.5 Å². The normalized spacial score (nSPS) is 12.4. The standard InChI is InChI=1S/C18H28O2S/c1-5-6-7-8-9-15-10-12-16(13-11-15)17(19)20-18(21-4)14(2)3/h10-14,18H,5-9H2,1-4H3. The first kappa shape index (κ1) is 18.1. The van der Waals surface area contributed by atoms with E-state index in [2.05, 4.69) is 20.8 Å². The first-order valence-corrected chi connectivity index (χ1v) is 9.20. The zero-order chi connectivity index (χ0) is 15.7. The summed E-state index contributed by atoms with van der Waals surface area (Å²) in [6.07, 6.45) is 8.13. The number of hydrogen-bond donors (Lipinski definition) is 0. The molecule has 118 valence electrons. The number of carbonyl (C=O) groups excluding carboxylic acids is 1. The van der Waals surface area contributed by atoms with Gasteiger partial charge >= 0.3 is 5.97 Å². The summed E-state index contributed by atoms with van der Waals surface area (Å²) in [7, 11) is 0. The quantitative estimate of drug-likeness (QED) is 0.351. The van der Waals surface area contributed by atoms with Crippen molar-refractivity contribution in [2.45, 2.75) is 58.3 Å². The van der Waals surface area contributed by atoms with Gasteiger partial charge in [-0.2, -0.15) is 0 Å². The van der Waals surface area contributed by atoms with E-state index in [1.54, 1.807) is 11.8 Å². The molecule has 0 amide bonds. The van der Waals surface area contributed by atoms with E-state index in [0.29, 0.717) is 11.5 Å².